The van der Waals surface area contributed by atoms with Crippen LogP contribution in [0.15, 0.2) is 54.6 Å². The van der Waals surface area contributed by atoms with E-state index in [1.807, 2.05) is 54.6 Å². The van der Waals surface area contributed by atoms with Gasteiger partial charge in [-0.15, -0.1) is 0 Å². The summed E-state index contributed by atoms with van der Waals surface area (Å²) in [4.78, 5) is 12.3. The molecule has 0 fully saturated rings. The van der Waals surface area contributed by atoms with Crippen LogP contribution in [0, 0.1) is 0 Å². The third-order valence-corrected chi connectivity index (χ3v) is 4.96. The van der Waals surface area contributed by atoms with Gasteiger partial charge in [0.25, 0.3) is 0 Å². The number of carboxylic acids is 1. The van der Waals surface area contributed by atoms with Crippen molar-refractivity contribution >= 4 is 11.8 Å². The molecule has 124 valence electrons. The average molecular weight is 333 g/mol. The Morgan fingerprint density at radius 2 is 1.92 bits per heavy atom. The van der Waals surface area contributed by atoms with E-state index in [0.29, 0.717) is 29.2 Å². The van der Waals surface area contributed by atoms with Crippen molar-refractivity contribution in [1.29, 1.82) is 0 Å². The first-order valence-electron chi connectivity index (χ1n) is 8.11. The second kappa shape index (κ2) is 4.86. The number of carboxylic acid groups (broad SMARTS) is 1. The van der Waals surface area contributed by atoms with Gasteiger partial charge in [-0.1, -0.05) is 48.5 Å². The number of nitrogens with zero attached hydrogens (tertiary/aromatic N) is 1. The van der Waals surface area contributed by atoms with Gasteiger partial charge in [-0.2, -0.15) is 5.10 Å². The third kappa shape index (κ3) is 1.85. The molecule has 6 nitrogen and oxygen atoms in total. The zero-order chi connectivity index (χ0) is 17.0. The molecule has 2 aliphatic rings. The van der Waals surface area contributed by atoms with Gasteiger partial charge in [0.2, 0.25) is 5.60 Å². The van der Waals surface area contributed by atoms with Crippen LogP contribution >= 0.6 is 0 Å². The predicted octanol–water partition coefficient (Wildman–Crippen LogP) is 3.31. The van der Waals surface area contributed by atoms with E-state index in [-0.39, 0.29) is 6.04 Å². The highest BCUT2D eigenvalue weighted by atomic mass is 16.5. The van der Waals surface area contributed by atoms with E-state index in [1.54, 1.807) is 0 Å². The van der Waals surface area contributed by atoms with Crippen molar-refractivity contribution in [3.8, 4) is 17.0 Å². The lowest BCUT2D eigenvalue weighted by Crippen LogP contribution is -2.49. The molecule has 0 amide bonds. The second-order valence-corrected chi connectivity index (χ2v) is 6.36. The number of hydrogen-bond donors (Lipinski definition) is 3. The van der Waals surface area contributed by atoms with Crippen LogP contribution in [0.4, 0.5) is 5.82 Å². The number of benzene rings is 2. The van der Waals surface area contributed by atoms with Crippen LogP contribution < -0.4 is 10.1 Å². The summed E-state index contributed by atoms with van der Waals surface area (Å²) in [5.74, 6) is 0.125. The van der Waals surface area contributed by atoms with Crippen LogP contribution in [0.1, 0.15) is 23.6 Å². The molecule has 3 aromatic rings. The minimum atomic E-state index is -1.46. The van der Waals surface area contributed by atoms with Crippen LogP contribution in [0.5, 0.6) is 5.75 Å². The molecule has 2 atom stereocenters. The maximum Gasteiger partial charge on any atom is 0.353 e. The zero-order valence-corrected chi connectivity index (χ0v) is 13.2. The molecular formula is C19H15N3O3. The van der Waals surface area contributed by atoms with Gasteiger partial charge in [-0.3, -0.25) is 5.10 Å². The van der Waals surface area contributed by atoms with E-state index in [9.17, 15) is 9.90 Å². The highest BCUT2D eigenvalue weighted by Gasteiger charge is 2.55. The third-order valence-electron chi connectivity index (χ3n) is 4.96. The monoisotopic (exact) mass is 333 g/mol. The molecule has 25 heavy (non-hydrogen) atoms. The molecule has 2 unspecified atom stereocenters. The molecule has 0 saturated carbocycles. The number of aromatic nitrogens is 2. The molecule has 0 aliphatic carbocycles. The lowest BCUT2D eigenvalue weighted by Gasteiger charge is -2.43. The van der Waals surface area contributed by atoms with Crippen LogP contribution in [0.3, 0.4) is 0 Å². The molecule has 2 aromatic carbocycles. The van der Waals surface area contributed by atoms with E-state index < -0.39 is 11.6 Å². The number of aliphatic carboxylic acids is 1. The summed E-state index contributed by atoms with van der Waals surface area (Å²) in [6.45, 7) is 0. The van der Waals surface area contributed by atoms with Crippen LogP contribution in [-0.4, -0.2) is 21.3 Å². The molecule has 0 saturated heterocycles. The SMILES string of the molecule is O=C(O)C12CC(Nc3n[nH]c(-c4ccccc4)c31)c1ccccc1O2. The minimum absolute atomic E-state index is 0.152. The number of para-hydroxylation sites is 1. The Morgan fingerprint density at radius 1 is 1.16 bits per heavy atom. The molecule has 3 heterocycles. The van der Waals surface area contributed by atoms with E-state index in [0.717, 1.165) is 11.1 Å². The number of nitrogens with one attached hydrogen (secondary N) is 2. The minimum Gasteiger partial charge on any atom is -0.478 e. The van der Waals surface area contributed by atoms with Gasteiger partial charge >= 0.3 is 5.97 Å². The first kappa shape index (κ1) is 14.1. The van der Waals surface area contributed by atoms with Crippen molar-refractivity contribution in [2.75, 3.05) is 5.32 Å². The van der Waals surface area contributed by atoms with Crippen molar-refractivity contribution < 1.29 is 14.6 Å². The maximum atomic E-state index is 12.3. The van der Waals surface area contributed by atoms with Crippen molar-refractivity contribution in [1.82, 2.24) is 10.2 Å². The van der Waals surface area contributed by atoms with Gasteiger partial charge in [0, 0.05) is 17.5 Å². The highest BCUT2D eigenvalue weighted by Crippen LogP contribution is 2.53. The van der Waals surface area contributed by atoms with E-state index in [2.05, 4.69) is 15.5 Å². The summed E-state index contributed by atoms with van der Waals surface area (Å²) >= 11 is 0. The largest absolute Gasteiger partial charge is 0.478 e. The van der Waals surface area contributed by atoms with E-state index in [1.165, 1.54) is 0 Å². The number of anilines is 1. The normalized spacial score (nSPS) is 23.0. The number of ether oxygens (including phenoxy) is 1. The van der Waals surface area contributed by atoms with Crippen molar-refractivity contribution in [3.63, 3.8) is 0 Å². The number of fused-ring (bicyclic) bond motifs is 6. The fraction of sp³-hybridized carbons (Fsp3) is 0.158. The van der Waals surface area contributed by atoms with Gasteiger partial charge < -0.3 is 15.2 Å². The Hall–Kier alpha value is -3.28. The number of rotatable bonds is 2. The molecule has 0 spiro atoms. The Labute approximate surface area is 143 Å². The smallest absolute Gasteiger partial charge is 0.353 e. The first-order valence-corrected chi connectivity index (χ1v) is 8.11. The fourth-order valence-corrected chi connectivity index (χ4v) is 3.83. The van der Waals surface area contributed by atoms with Crippen molar-refractivity contribution in [3.05, 3.63) is 65.7 Å². The van der Waals surface area contributed by atoms with Gasteiger partial charge in [0.05, 0.1) is 17.3 Å². The molecule has 0 radical (unpaired) electrons. The topological polar surface area (TPSA) is 87.2 Å². The van der Waals surface area contributed by atoms with E-state index in [4.69, 9.17) is 4.74 Å². The summed E-state index contributed by atoms with van der Waals surface area (Å²) in [6.07, 6.45) is 0.311. The molecular weight excluding hydrogens is 318 g/mol. The maximum absolute atomic E-state index is 12.3. The van der Waals surface area contributed by atoms with Gasteiger partial charge in [-0.25, -0.2) is 4.79 Å². The van der Waals surface area contributed by atoms with Crippen LogP contribution in [0.25, 0.3) is 11.3 Å². The lowest BCUT2D eigenvalue weighted by atomic mass is 9.78. The Balaban J connectivity index is 1.76. The second-order valence-electron chi connectivity index (χ2n) is 6.36. The predicted molar refractivity (Wildman–Crippen MR) is 91.4 cm³/mol. The van der Waals surface area contributed by atoms with Gasteiger partial charge in [0.1, 0.15) is 5.75 Å². The summed E-state index contributed by atoms with van der Waals surface area (Å²) < 4.78 is 6.10. The lowest BCUT2D eigenvalue weighted by molar-refractivity contribution is -0.159. The van der Waals surface area contributed by atoms with E-state index >= 15 is 0 Å². The molecule has 5 rings (SSSR count). The molecule has 2 aliphatic heterocycles. The van der Waals surface area contributed by atoms with Crippen molar-refractivity contribution in [2.24, 2.45) is 0 Å². The number of H-pyrrole nitrogens is 1. The summed E-state index contributed by atoms with van der Waals surface area (Å²) in [5.41, 5.74) is 1.59. The molecule has 2 bridgehead atoms. The molecule has 6 heteroatoms. The first-order chi connectivity index (χ1) is 12.2. The van der Waals surface area contributed by atoms with Crippen LogP contribution in [-0.2, 0) is 10.4 Å². The summed E-state index contributed by atoms with van der Waals surface area (Å²) in [6, 6.07) is 17.0. The average Bonchev–Trinajstić information content (AvgIpc) is 3.07. The van der Waals surface area contributed by atoms with Crippen LogP contribution in [0.2, 0.25) is 0 Å². The van der Waals surface area contributed by atoms with Crippen molar-refractivity contribution in [2.45, 2.75) is 18.1 Å². The fourth-order valence-electron chi connectivity index (χ4n) is 3.83. The highest BCUT2D eigenvalue weighted by molar-refractivity contribution is 5.88. The van der Waals surface area contributed by atoms with Gasteiger partial charge in [-0.05, 0) is 6.07 Å². The zero-order valence-electron chi connectivity index (χ0n) is 13.2. The molecule has 3 N–H and O–H groups in total. The Kier molecular flexibility index (Phi) is 2.74. The Bertz CT molecular complexity index is 983. The number of aromatic amines is 1. The quantitative estimate of drug-likeness (QED) is 0.670. The standard InChI is InChI=1S/C19H15N3O3/c23-18(24)19-10-13(12-8-4-5-9-14(12)25-19)20-17-15(19)16(21-22-17)11-6-2-1-3-7-11/h1-9,13H,10H2,(H,23,24)(H2,20,21,22). The molecule has 1 aromatic heterocycles. The number of hydrogen-bond acceptors (Lipinski definition) is 4. The van der Waals surface area contributed by atoms with Gasteiger partial charge in [0.15, 0.2) is 5.82 Å². The summed E-state index contributed by atoms with van der Waals surface area (Å²) in [5, 5.41) is 20.8. The number of carbonyl (C=O) groups is 1. The summed E-state index contributed by atoms with van der Waals surface area (Å²) in [7, 11) is 0. The Morgan fingerprint density at radius 3 is 2.72 bits per heavy atom.